The first-order valence-corrected chi connectivity index (χ1v) is 11.7. The summed E-state index contributed by atoms with van der Waals surface area (Å²) in [7, 11) is 1.79. The van der Waals surface area contributed by atoms with Gasteiger partial charge in [0.25, 0.3) is 0 Å². The van der Waals surface area contributed by atoms with E-state index in [0.29, 0.717) is 19.1 Å². The Balaban J connectivity index is 1.78. The van der Waals surface area contributed by atoms with E-state index < -0.39 is 0 Å². The molecule has 2 N–H and O–H groups in total. The second kappa shape index (κ2) is 14.9. The molecule has 1 aromatic carbocycles. The highest BCUT2D eigenvalue weighted by Crippen LogP contribution is 2.31. The van der Waals surface area contributed by atoms with Crippen molar-refractivity contribution in [2.45, 2.75) is 52.5 Å². The van der Waals surface area contributed by atoms with Gasteiger partial charge in [-0.2, -0.15) is 0 Å². The lowest BCUT2D eigenvalue weighted by molar-refractivity contribution is 0.0888. The highest BCUT2D eigenvalue weighted by atomic mass is 16.5. The molecule has 1 aliphatic rings. The van der Waals surface area contributed by atoms with Crippen molar-refractivity contribution in [2.75, 3.05) is 53.2 Å². The summed E-state index contributed by atoms with van der Waals surface area (Å²) in [5, 5.41) is 6.81. The van der Waals surface area contributed by atoms with E-state index in [1.165, 1.54) is 0 Å². The predicted octanol–water partition coefficient (Wildman–Crippen LogP) is 3.93. The molecule has 1 saturated heterocycles. The number of ether oxygens (including phenoxy) is 4. The van der Waals surface area contributed by atoms with E-state index in [1.807, 2.05) is 6.07 Å². The fraction of sp³-hybridized carbons (Fsp3) is 0.708. The molecule has 0 amide bonds. The average molecular weight is 436 g/mol. The summed E-state index contributed by atoms with van der Waals surface area (Å²) in [4.78, 5) is 4.35. The molecule has 2 atom stereocenters. The van der Waals surface area contributed by atoms with Gasteiger partial charge in [-0.15, -0.1) is 0 Å². The molecule has 0 aliphatic carbocycles. The molecule has 0 radical (unpaired) electrons. The topological polar surface area (TPSA) is 73.3 Å². The molecule has 1 aliphatic heterocycles. The van der Waals surface area contributed by atoms with Crippen molar-refractivity contribution in [2.24, 2.45) is 10.9 Å². The standard InChI is InChI=1S/C24H41N3O4/c1-5-12-30-22-9-8-21(16-23(22)31-13-6-2)19(3)27-24(25-4)26-11-7-14-28-17-20-10-15-29-18-20/h8-9,16,19-20H,5-7,10-15,17-18H2,1-4H3,(H2,25,26,27). The maximum absolute atomic E-state index is 5.92. The molecule has 7 nitrogen and oxygen atoms in total. The van der Waals surface area contributed by atoms with Gasteiger partial charge < -0.3 is 29.6 Å². The van der Waals surface area contributed by atoms with Crippen LogP contribution in [0.25, 0.3) is 0 Å². The van der Waals surface area contributed by atoms with Crippen molar-refractivity contribution < 1.29 is 18.9 Å². The molecule has 176 valence electrons. The maximum atomic E-state index is 5.92. The number of nitrogens with zero attached hydrogens (tertiary/aromatic N) is 1. The van der Waals surface area contributed by atoms with Crippen LogP contribution in [0.1, 0.15) is 58.1 Å². The van der Waals surface area contributed by atoms with Crippen LogP contribution in [0.15, 0.2) is 23.2 Å². The Morgan fingerprint density at radius 3 is 2.61 bits per heavy atom. The van der Waals surface area contributed by atoms with E-state index in [0.717, 1.165) is 81.7 Å². The van der Waals surface area contributed by atoms with Crippen molar-refractivity contribution in [3.63, 3.8) is 0 Å². The van der Waals surface area contributed by atoms with E-state index in [2.05, 4.69) is 48.5 Å². The highest BCUT2D eigenvalue weighted by molar-refractivity contribution is 5.80. The number of hydrogen-bond acceptors (Lipinski definition) is 5. The van der Waals surface area contributed by atoms with Crippen molar-refractivity contribution in [1.82, 2.24) is 10.6 Å². The van der Waals surface area contributed by atoms with Gasteiger partial charge in [0, 0.05) is 32.7 Å². The van der Waals surface area contributed by atoms with Gasteiger partial charge in [-0.25, -0.2) is 0 Å². The van der Waals surface area contributed by atoms with Crippen LogP contribution in [-0.2, 0) is 9.47 Å². The Hall–Kier alpha value is -1.99. The number of hydrogen-bond donors (Lipinski definition) is 2. The molecular weight excluding hydrogens is 394 g/mol. The Kier molecular flexibility index (Phi) is 12.2. The van der Waals surface area contributed by atoms with Gasteiger partial charge >= 0.3 is 0 Å². The summed E-state index contributed by atoms with van der Waals surface area (Å²) in [5.41, 5.74) is 1.13. The SMILES string of the molecule is CCCOc1ccc(C(C)NC(=NC)NCCCOCC2CCOC2)cc1OCCC. The first-order chi connectivity index (χ1) is 15.2. The van der Waals surface area contributed by atoms with Crippen LogP contribution in [0.4, 0.5) is 0 Å². The number of nitrogens with one attached hydrogen (secondary N) is 2. The number of benzene rings is 1. The number of guanidine groups is 1. The van der Waals surface area contributed by atoms with E-state index in [9.17, 15) is 0 Å². The fourth-order valence-electron chi connectivity index (χ4n) is 3.28. The van der Waals surface area contributed by atoms with Crippen LogP contribution in [0.5, 0.6) is 11.5 Å². The molecule has 2 rings (SSSR count). The molecule has 1 heterocycles. The van der Waals surface area contributed by atoms with E-state index >= 15 is 0 Å². The van der Waals surface area contributed by atoms with Crippen LogP contribution >= 0.6 is 0 Å². The summed E-state index contributed by atoms with van der Waals surface area (Å²) in [6.07, 6.45) is 3.97. The van der Waals surface area contributed by atoms with E-state index in [-0.39, 0.29) is 6.04 Å². The van der Waals surface area contributed by atoms with Gasteiger partial charge in [-0.3, -0.25) is 4.99 Å². The van der Waals surface area contributed by atoms with Crippen molar-refractivity contribution in [3.8, 4) is 11.5 Å². The summed E-state index contributed by atoms with van der Waals surface area (Å²) < 4.78 is 22.9. The quantitative estimate of drug-likeness (QED) is 0.262. The number of rotatable bonds is 14. The van der Waals surface area contributed by atoms with Gasteiger partial charge in [-0.1, -0.05) is 19.9 Å². The van der Waals surface area contributed by atoms with Crippen molar-refractivity contribution in [1.29, 1.82) is 0 Å². The fourth-order valence-corrected chi connectivity index (χ4v) is 3.28. The molecule has 1 aromatic rings. The van der Waals surface area contributed by atoms with Gasteiger partial charge in [-0.05, 0) is 50.3 Å². The monoisotopic (exact) mass is 435 g/mol. The minimum Gasteiger partial charge on any atom is -0.490 e. The van der Waals surface area contributed by atoms with Gasteiger partial charge in [0.2, 0.25) is 0 Å². The lowest BCUT2D eigenvalue weighted by atomic mass is 10.1. The molecule has 0 spiro atoms. The third-order valence-corrected chi connectivity index (χ3v) is 5.10. The summed E-state index contributed by atoms with van der Waals surface area (Å²) >= 11 is 0. The minimum absolute atomic E-state index is 0.0778. The Morgan fingerprint density at radius 2 is 1.94 bits per heavy atom. The zero-order valence-corrected chi connectivity index (χ0v) is 19.7. The second-order valence-electron chi connectivity index (χ2n) is 7.93. The van der Waals surface area contributed by atoms with Gasteiger partial charge in [0.05, 0.1) is 32.5 Å². The average Bonchev–Trinajstić information content (AvgIpc) is 3.31. The zero-order chi connectivity index (χ0) is 22.3. The van der Waals surface area contributed by atoms with Crippen LogP contribution in [0, 0.1) is 5.92 Å². The number of aliphatic imine (C=N–C) groups is 1. The van der Waals surface area contributed by atoms with Crippen LogP contribution < -0.4 is 20.1 Å². The van der Waals surface area contributed by atoms with Crippen LogP contribution in [0.2, 0.25) is 0 Å². The van der Waals surface area contributed by atoms with Crippen molar-refractivity contribution >= 4 is 5.96 Å². The predicted molar refractivity (Wildman–Crippen MR) is 125 cm³/mol. The highest BCUT2D eigenvalue weighted by Gasteiger charge is 2.15. The molecule has 0 saturated carbocycles. The summed E-state index contributed by atoms with van der Waals surface area (Å²) in [5.74, 6) is 2.94. The summed E-state index contributed by atoms with van der Waals surface area (Å²) in [6.45, 7) is 11.7. The largest absolute Gasteiger partial charge is 0.490 e. The second-order valence-corrected chi connectivity index (χ2v) is 7.93. The lowest BCUT2D eigenvalue weighted by Gasteiger charge is -2.20. The molecule has 0 bridgehead atoms. The molecular formula is C24H41N3O4. The van der Waals surface area contributed by atoms with Gasteiger partial charge in [0.15, 0.2) is 17.5 Å². The smallest absolute Gasteiger partial charge is 0.191 e. The Morgan fingerprint density at radius 1 is 1.16 bits per heavy atom. The molecule has 1 fully saturated rings. The normalized spacial score (nSPS) is 17.4. The molecule has 31 heavy (non-hydrogen) atoms. The van der Waals surface area contributed by atoms with Crippen LogP contribution in [0.3, 0.4) is 0 Å². The van der Waals surface area contributed by atoms with E-state index in [1.54, 1.807) is 7.05 Å². The van der Waals surface area contributed by atoms with Gasteiger partial charge in [0.1, 0.15) is 0 Å². The summed E-state index contributed by atoms with van der Waals surface area (Å²) in [6, 6.07) is 6.22. The van der Waals surface area contributed by atoms with E-state index in [4.69, 9.17) is 18.9 Å². The Labute approximate surface area is 187 Å². The molecule has 7 heteroatoms. The molecule has 0 aromatic heterocycles. The zero-order valence-electron chi connectivity index (χ0n) is 19.7. The first kappa shape index (κ1) is 25.3. The van der Waals surface area contributed by atoms with Crippen LogP contribution in [-0.4, -0.2) is 59.2 Å². The first-order valence-electron chi connectivity index (χ1n) is 11.7. The third kappa shape index (κ3) is 9.35. The van der Waals surface area contributed by atoms with Crippen molar-refractivity contribution in [3.05, 3.63) is 23.8 Å². The lowest BCUT2D eigenvalue weighted by Crippen LogP contribution is -2.39. The third-order valence-electron chi connectivity index (χ3n) is 5.10. The maximum Gasteiger partial charge on any atom is 0.191 e. The Bertz CT molecular complexity index is 648. The molecule has 2 unspecified atom stereocenters. The minimum atomic E-state index is 0.0778.